The Morgan fingerprint density at radius 1 is 1.38 bits per heavy atom. The number of thiophene rings is 1. The first-order valence-corrected chi connectivity index (χ1v) is 10.2. The zero-order chi connectivity index (χ0) is 20.4. The monoisotopic (exact) mass is 413 g/mol. The molecule has 8 nitrogen and oxygen atoms in total. The van der Waals surface area contributed by atoms with Crippen LogP contribution >= 0.6 is 11.3 Å². The Morgan fingerprint density at radius 2 is 2.17 bits per heavy atom. The van der Waals surface area contributed by atoms with Crippen molar-refractivity contribution in [1.82, 2.24) is 9.97 Å². The first-order chi connectivity index (χ1) is 14.0. The van der Waals surface area contributed by atoms with Crippen LogP contribution in [0.25, 0.3) is 11.1 Å². The normalized spacial score (nSPS) is 16.7. The van der Waals surface area contributed by atoms with Gasteiger partial charge in [-0.15, -0.1) is 11.3 Å². The summed E-state index contributed by atoms with van der Waals surface area (Å²) in [7, 11) is 0. The van der Waals surface area contributed by atoms with Crippen molar-refractivity contribution < 1.29 is 14.0 Å². The van der Waals surface area contributed by atoms with Gasteiger partial charge in [-0.2, -0.15) is 4.98 Å². The minimum Gasteiger partial charge on any atom is -0.403 e. The summed E-state index contributed by atoms with van der Waals surface area (Å²) in [6, 6.07) is 5.01. The molecule has 0 bridgehead atoms. The second-order valence-electron chi connectivity index (χ2n) is 7.03. The fourth-order valence-electron chi connectivity index (χ4n) is 3.47. The van der Waals surface area contributed by atoms with Gasteiger partial charge in [-0.05, 0) is 49.6 Å². The molecule has 1 aliphatic rings. The molecular formula is C20H19N3O5S. The van der Waals surface area contributed by atoms with Crippen LogP contribution in [0.1, 0.15) is 43.0 Å². The van der Waals surface area contributed by atoms with Crippen LogP contribution in [-0.4, -0.2) is 21.5 Å². The fourth-order valence-corrected chi connectivity index (χ4v) is 4.20. The molecular weight excluding hydrogens is 394 g/mol. The van der Waals surface area contributed by atoms with Crippen molar-refractivity contribution in [3.8, 4) is 6.01 Å². The number of aromatic nitrogens is 2. The van der Waals surface area contributed by atoms with Gasteiger partial charge in [-0.3, -0.25) is 14.6 Å². The van der Waals surface area contributed by atoms with Crippen LogP contribution in [0.4, 0.5) is 0 Å². The molecule has 3 aromatic rings. The summed E-state index contributed by atoms with van der Waals surface area (Å²) in [4.78, 5) is 49.0. The number of rotatable bonds is 5. The molecule has 0 radical (unpaired) electrons. The van der Waals surface area contributed by atoms with Crippen LogP contribution < -0.4 is 16.0 Å². The summed E-state index contributed by atoms with van der Waals surface area (Å²) in [6.45, 7) is 1.60. The van der Waals surface area contributed by atoms with Crippen molar-refractivity contribution in [3.05, 3.63) is 54.8 Å². The van der Waals surface area contributed by atoms with E-state index in [9.17, 15) is 14.4 Å². The maximum atomic E-state index is 12.6. The van der Waals surface area contributed by atoms with Crippen molar-refractivity contribution in [2.24, 2.45) is 11.1 Å². The van der Waals surface area contributed by atoms with E-state index in [0.29, 0.717) is 24.8 Å². The number of fused-ring (bicyclic) bond motifs is 1. The highest BCUT2D eigenvalue weighted by molar-refractivity contribution is 7.09. The van der Waals surface area contributed by atoms with Gasteiger partial charge in [0.15, 0.2) is 0 Å². The lowest BCUT2D eigenvalue weighted by atomic mass is 9.86. The highest BCUT2D eigenvalue weighted by Crippen LogP contribution is 2.23. The van der Waals surface area contributed by atoms with E-state index in [1.54, 1.807) is 6.92 Å². The number of oxime groups is 1. The summed E-state index contributed by atoms with van der Waals surface area (Å²) in [6.07, 6.45) is 3.22. The summed E-state index contributed by atoms with van der Waals surface area (Å²) in [5, 5.41) is 6.21. The zero-order valence-corrected chi connectivity index (χ0v) is 16.6. The molecule has 1 N–H and O–H groups in total. The fraction of sp³-hybridized carbons (Fsp3) is 0.350. The van der Waals surface area contributed by atoms with E-state index in [1.165, 1.54) is 17.4 Å². The quantitative estimate of drug-likeness (QED) is 0.643. The molecule has 0 aliphatic heterocycles. The van der Waals surface area contributed by atoms with E-state index in [0.717, 1.165) is 23.4 Å². The molecule has 0 aromatic carbocycles. The third-order valence-corrected chi connectivity index (χ3v) is 5.89. The number of Topliss-reactive ketones (excluding diaryl/α,β-unsaturated/α-hetero) is 1. The Bertz CT molecular complexity index is 1180. The zero-order valence-electron chi connectivity index (χ0n) is 15.8. The molecule has 1 aliphatic carbocycles. The third kappa shape index (κ3) is 4.34. The molecule has 1 saturated carbocycles. The van der Waals surface area contributed by atoms with Gasteiger partial charge in [0.25, 0.3) is 5.56 Å². The Kier molecular flexibility index (Phi) is 5.39. The van der Waals surface area contributed by atoms with E-state index in [4.69, 9.17) is 9.25 Å². The van der Waals surface area contributed by atoms with Crippen LogP contribution in [0.2, 0.25) is 0 Å². The lowest BCUT2D eigenvalue weighted by Gasteiger charge is -2.19. The number of nitrogens with zero attached hydrogens (tertiary/aromatic N) is 2. The van der Waals surface area contributed by atoms with Gasteiger partial charge in [0.1, 0.15) is 11.2 Å². The van der Waals surface area contributed by atoms with Crippen molar-refractivity contribution in [2.45, 2.75) is 39.0 Å². The first kappa shape index (κ1) is 19.3. The number of nitrogens with one attached hydrogen (secondary N) is 1. The van der Waals surface area contributed by atoms with Crippen molar-refractivity contribution >= 4 is 33.9 Å². The van der Waals surface area contributed by atoms with Gasteiger partial charge in [0, 0.05) is 23.3 Å². The Morgan fingerprint density at radius 3 is 2.86 bits per heavy atom. The molecule has 3 aromatic heterocycles. The summed E-state index contributed by atoms with van der Waals surface area (Å²) in [5.74, 6) is 0.266. The maximum absolute atomic E-state index is 12.6. The van der Waals surface area contributed by atoms with E-state index in [2.05, 4.69) is 15.1 Å². The molecule has 0 spiro atoms. The lowest BCUT2D eigenvalue weighted by molar-refractivity contribution is -0.121. The van der Waals surface area contributed by atoms with Crippen LogP contribution in [0.5, 0.6) is 6.01 Å². The maximum Gasteiger partial charge on any atom is 0.337 e. The third-order valence-electron chi connectivity index (χ3n) is 5.02. The number of ketones is 1. The molecule has 29 heavy (non-hydrogen) atoms. The van der Waals surface area contributed by atoms with Crippen LogP contribution in [0, 0.1) is 5.92 Å². The highest BCUT2D eigenvalue weighted by atomic mass is 32.1. The lowest BCUT2D eigenvalue weighted by Crippen LogP contribution is -2.20. The van der Waals surface area contributed by atoms with Gasteiger partial charge in [-0.25, -0.2) is 4.79 Å². The summed E-state index contributed by atoms with van der Waals surface area (Å²) < 4.78 is 5.13. The molecule has 4 rings (SSSR count). The van der Waals surface area contributed by atoms with Crippen LogP contribution in [-0.2, 0) is 11.2 Å². The first-order valence-electron chi connectivity index (χ1n) is 9.32. The van der Waals surface area contributed by atoms with E-state index in [-0.39, 0.29) is 28.8 Å². The molecule has 0 atom stereocenters. The number of carbonyl (C=O) groups is 1. The molecule has 0 amide bonds. The Hall–Kier alpha value is -3.07. The van der Waals surface area contributed by atoms with Crippen LogP contribution in [0.3, 0.4) is 0 Å². The number of aromatic amines is 1. The summed E-state index contributed by atoms with van der Waals surface area (Å²) >= 11 is 1.54. The molecule has 3 heterocycles. The molecule has 0 unspecified atom stereocenters. The van der Waals surface area contributed by atoms with E-state index >= 15 is 0 Å². The summed E-state index contributed by atoms with van der Waals surface area (Å²) in [5.41, 5.74) is 0.233. The molecule has 9 heteroatoms. The average Bonchev–Trinajstić information content (AvgIpc) is 3.19. The number of hydrogen-bond donors (Lipinski definition) is 1. The van der Waals surface area contributed by atoms with Gasteiger partial charge in [-0.1, -0.05) is 11.2 Å². The van der Waals surface area contributed by atoms with Gasteiger partial charge >= 0.3 is 11.6 Å². The van der Waals surface area contributed by atoms with Crippen molar-refractivity contribution in [1.29, 1.82) is 0 Å². The largest absolute Gasteiger partial charge is 0.403 e. The predicted octanol–water partition coefficient (Wildman–Crippen LogP) is 3.04. The molecule has 150 valence electrons. The predicted molar refractivity (Wildman–Crippen MR) is 109 cm³/mol. The van der Waals surface area contributed by atoms with Gasteiger partial charge in [0.05, 0.1) is 5.71 Å². The average molecular weight is 413 g/mol. The molecule has 0 saturated heterocycles. The van der Waals surface area contributed by atoms with Crippen molar-refractivity contribution in [3.63, 3.8) is 0 Å². The minimum atomic E-state index is -0.582. The second-order valence-corrected chi connectivity index (χ2v) is 8.06. The van der Waals surface area contributed by atoms with E-state index in [1.807, 2.05) is 17.5 Å². The highest BCUT2D eigenvalue weighted by Gasteiger charge is 2.21. The molecule has 1 fully saturated rings. The number of H-pyrrole nitrogens is 1. The minimum absolute atomic E-state index is 0.0728. The standard InChI is InChI=1S/C20H19N3O5S/c1-11(24)12-4-6-14(7-5-12)23-28-20-21-18(26)17-13(9-15-3-2-8-29-15)10-16(25)27-19(17)22-20/h2-3,8,10,12H,4-7,9H2,1H3,(H,21,22,26). The Balaban J connectivity index is 1.59. The SMILES string of the molecule is CC(=O)C1CCC(=NOc2nc3oc(=O)cc(Cc4cccs4)c3c(=O)[nH]2)CC1. The Labute approximate surface area is 169 Å². The number of carbonyl (C=O) groups excluding carboxylic acids is 1. The van der Waals surface area contributed by atoms with Crippen molar-refractivity contribution in [2.75, 3.05) is 0 Å². The second kappa shape index (κ2) is 8.12. The van der Waals surface area contributed by atoms with Crippen LogP contribution in [0.15, 0.2) is 42.7 Å². The number of hydrogen-bond acceptors (Lipinski definition) is 8. The van der Waals surface area contributed by atoms with Gasteiger partial charge < -0.3 is 9.25 Å². The topological polar surface area (TPSA) is 115 Å². The smallest absolute Gasteiger partial charge is 0.337 e. The van der Waals surface area contributed by atoms with E-state index < -0.39 is 11.2 Å². The van der Waals surface area contributed by atoms with Gasteiger partial charge in [0.2, 0.25) is 5.71 Å².